The fraction of sp³-hybridized carbons (Fsp3) is 0.279. The van der Waals surface area contributed by atoms with Crippen LogP contribution in [-0.2, 0) is 32.5 Å². The minimum absolute atomic E-state index is 0.0111. The number of nitrogens with one attached hydrogen (secondary N) is 2. The van der Waals surface area contributed by atoms with Gasteiger partial charge in [0.15, 0.2) is 23.3 Å². The van der Waals surface area contributed by atoms with Crippen molar-refractivity contribution < 1.29 is 0 Å². The predicted molar refractivity (Wildman–Crippen MR) is 395 cm³/mol. The highest BCUT2D eigenvalue weighted by molar-refractivity contribution is 6.10. The van der Waals surface area contributed by atoms with Gasteiger partial charge in [-0.2, -0.15) is 0 Å². The van der Waals surface area contributed by atoms with Crippen molar-refractivity contribution in [1.29, 1.82) is 0 Å². The van der Waals surface area contributed by atoms with E-state index in [2.05, 4.69) is 317 Å². The number of aromatic amines is 2. The van der Waals surface area contributed by atoms with E-state index >= 15 is 0 Å². The molecule has 0 saturated carbocycles. The molecule has 0 fully saturated rings. The van der Waals surface area contributed by atoms with Crippen molar-refractivity contribution in [2.45, 2.75) is 157 Å². The van der Waals surface area contributed by atoms with Gasteiger partial charge in [0.25, 0.3) is 0 Å². The summed E-state index contributed by atoms with van der Waals surface area (Å²) in [6.45, 7) is 40.7. The van der Waals surface area contributed by atoms with Crippen LogP contribution >= 0.6 is 0 Å². The van der Waals surface area contributed by atoms with Crippen LogP contribution in [0.1, 0.15) is 158 Å². The molecular weight excluding hydrogens is 1150 g/mol. The van der Waals surface area contributed by atoms with Crippen LogP contribution in [0, 0.1) is 0 Å². The molecule has 0 saturated heterocycles. The van der Waals surface area contributed by atoms with Gasteiger partial charge in [-0.1, -0.05) is 270 Å². The number of hydrogen-bond acceptors (Lipinski definition) is 6. The standard InChI is InChI=1S/C86H88N8/c1-81(2,3)57-31-19-51(20-32-57)63-43-69-71(45-65(63)53-23-35-59(36-24-53)83(7,8)9)77-90-75(69)88-49-87-50-89-76-70-44-64(52-21-33-58(34-22-52)82(4,5)6)66(54-25-37-60(38-26-54)84(10,11)12)46-72(70)78(91-76)93-80-74-48-68(56-29-41-62(42-30-56)86(16,17)18)67(47-73(74)79(92-77)94-80)55-27-39-61(40-28-55)85(13,14)15/h19-50H,1-18H3,(H2,87,88,89,90,91,92,93,94). The van der Waals surface area contributed by atoms with E-state index < -0.39 is 0 Å². The van der Waals surface area contributed by atoms with Gasteiger partial charge in [0.05, 0.1) is 12.7 Å². The minimum Gasteiger partial charge on any atom is -0.337 e. The summed E-state index contributed by atoms with van der Waals surface area (Å²) in [5.74, 6) is 2.11. The third kappa shape index (κ3) is 12.3. The van der Waals surface area contributed by atoms with Crippen molar-refractivity contribution in [2.75, 3.05) is 0 Å². The van der Waals surface area contributed by atoms with Gasteiger partial charge in [0.2, 0.25) is 0 Å². The Morgan fingerprint density at radius 2 is 0.426 bits per heavy atom. The molecule has 8 nitrogen and oxygen atoms in total. The fourth-order valence-corrected chi connectivity index (χ4v) is 12.9. The zero-order chi connectivity index (χ0) is 66.6. The molecule has 0 aliphatic carbocycles. The molecule has 11 aromatic rings. The Morgan fingerprint density at radius 3 is 0.638 bits per heavy atom. The third-order valence-corrected chi connectivity index (χ3v) is 18.9. The smallest absolute Gasteiger partial charge is 0.164 e. The normalized spacial score (nSPS) is 12.8. The summed E-state index contributed by atoms with van der Waals surface area (Å²) in [6.07, 6.45) is 3.31. The van der Waals surface area contributed by atoms with Crippen molar-refractivity contribution in [3.05, 3.63) is 228 Å². The lowest BCUT2D eigenvalue weighted by Crippen LogP contribution is -2.10. The molecule has 2 aliphatic rings. The predicted octanol–water partition coefficient (Wildman–Crippen LogP) is 22.9. The number of rotatable bonds is 6. The SMILES string of the molecule is CC(C)(C)c1ccc(-c2cc3c(cc2-c2ccc(C(C)(C)C)cc2)-c2nc-3nc[nH]cnc3nc(nc4[nH]c(n2)c2cc(-c5ccc(C(C)(C)C)cc5)c(-c5ccc(C(C)(C)C)cc5)cc42)-c2cc(-c4ccc(C(C)(C)C)cc4)c(-c4ccc(C(C)(C)C)cc4)cc2-3)cc1. The van der Waals surface area contributed by atoms with E-state index in [9.17, 15) is 0 Å². The van der Waals surface area contributed by atoms with E-state index in [4.69, 9.17) is 29.9 Å². The molecule has 4 heterocycles. The van der Waals surface area contributed by atoms with Gasteiger partial charge < -0.3 is 9.97 Å². The molecule has 0 radical (unpaired) electrons. The summed E-state index contributed by atoms with van der Waals surface area (Å²) in [4.78, 5) is 39.6. The lowest BCUT2D eigenvalue weighted by atomic mass is 9.84. The van der Waals surface area contributed by atoms with Crippen LogP contribution in [0.4, 0.5) is 0 Å². The van der Waals surface area contributed by atoms with Crippen molar-refractivity contribution in [1.82, 2.24) is 39.9 Å². The average Bonchev–Trinajstić information content (AvgIpc) is 1.55. The van der Waals surface area contributed by atoms with E-state index in [0.717, 1.165) is 99.8 Å². The molecule has 94 heavy (non-hydrogen) atoms. The first-order chi connectivity index (χ1) is 44.3. The van der Waals surface area contributed by atoms with E-state index in [1.54, 1.807) is 12.7 Å². The first kappa shape index (κ1) is 63.1. The van der Waals surface area contributed by atoms with Gasteiger partial charge in [0, 0.05) is 33.0 Å². The highest BCUT2D eigenvalue weighted by atomic mass is 15.0. The fourth-order valence-electron chi connectivity index (χ4n) is 12.9. The van der Waals surface area contributed by atoms with Crippen molar-refractivity contribution in [3.63, 3.8) is 0 Å². The molecule has 13 rings (SSSR count). The van der Waals surface area contributed by atoms with Crippen LogP contribution in [0.15, 0.2) is 195 Å². The highest BCUT2D eigenvalue weighted by Crippen LogP contribution is 2.47. The molecule has 8 heteroatoms. The molecule has 0 unspecified atom stereocenters. The van der Waals surface area contributed by atoms with Gasteiger partial charge in [-0.05, 0) is 169 Å². The van der Waals surface area contributed by atoms with Gasteiger partial charge in [-0.25, -0.2) is 29.9 Å². The number of benzene rings is 9. The second-order valence-electron chi connectivity index (χ2n) is 32.0. The summed E-state index contributed by atoms with van der Waals surface area (Å²) in [5, 5.41) is 1.78. The van der Waals surface area contributed by atoms with E-state index in [1.807, 2.05) is 0 Å². The maximum atomic E-state index is 5.69. The average molecular weight is 1230 g/mol. The second kappa shape index (κ2) is 23.1. The van der Waals surface area contributed by atoms with Crippen LogP contribution in [0.25, 0.3) is 134 Å². The zero-order valence-corrected chi connectivity index (χ0v) is 58.2. The first-order valence-electron chi connectivity index (χ1n) is 33.2. The largest absolute Gasteiger partial charge is 0.337 e. The molecule has 9 aromatic carbocycles. The van der Waals surface area contributed by atoms with E-state index in [0.29, 0.717) is 34.6 Å². The maximum absolute atomic E-state index is 5.69. The second-order valence-corrected chi connectivity index (χ2v) is 32.0. The number of aromatic nitrogens is 8. The molecule has 0 spiro atoms. The van der Waals surface area contributed by atoms with Gasteiger partial charge in [0.1, 0.15) is 11.3 Å². The van der Waals surface area contributed by atoms with Crippen LogP contribution < -0.4 is 0 Å². The first-order valence-corrected chi connectivity index (χ1v) is 33.2. The Labute approximate surface area is 556 Å². The van der Waals surface area contributed by atoms with Gasteiger partial charge in [-0.15, -0.1) is 0 Å². The number of fused-ring (bicyclic) bond motifs is 15. The van der Waals surface area contributed by atoms with E-state index in [-0.39, 0.29) is 32.5 Å². The number of nitrogens with zero attached hydrogens (tertiary/aromatic N) is 6. The Morgan fingerprint density at radius 1 is 0.223 bits per heavy atom. The minimum atomic E-state index is -0.0283. The van der Waals surface area contributed by atoms with Crippen LogP contribution in [0.3, 0.4) is 0 Å². The molecule has 2 aliphatic heterocycles. The number of hydrogen-bond donors (Lipinski definition) is 2. The Hall–Kier alpha value is -9.66. The number of H-pyrrole nitrogens is 2. The molecule has 2 N–H and O–H groups in total. The van der Waals surface area contributed by atoms with Crippen LogP contribution in [0.5, 0.6) is 0 Å². The Balaban J connectivity index is 1.12. The quantitative estimate of drug-likeness (QED) is 0.172. The Bertz CT molecular complexity index is 4610. The Kier molecular flexibility index (Phi) is 15.5. The van der Waals surface area contributed by atoms with Crippen molar-refractivity contribution in [3.8, 4) is 112 Å². The van der Waals surface area contributed by atoms with Crippen LogP contribution in [0.2, 0.25) is 0 Å². The maximum Gasteiger partial charge on any atom is 0.164 e. The van der Waals surface area contributed by atoms with Crippen molar-refractivity contribution >= 4 is 22.1 Å². The molecule has 472 valence electrons. The molecule has 2 aromatic heterocycles. The molecule has 0 amide bonds. The topological polar surface area (TPSA) is 109 Å². The summed E-state index contributed by atoms with van der Waals surface area (Å²) >= 11 is 0. The lowest BCUT2D eigenvalue weighted by Gasteiger charge is -2.21. The lowest BCUT2D eigenvalue weighted by molar-refractivity contribution is 0.590. The monoisotopic (exact) mass is 1230 g/mol. The van der Waals surface area contributed by atoms with Crippen LogP contribution in [-0.4, -0.2) is 39.9 Å². The summed E-state index contributed by atoms with van der Waals surface area (Å²) in [5.41, 5.74) is 25.2. The molecule has 0 atom stereocenters. The molecule has 6 bridgehead atoms. The third-order valence-electron chi connectivity index (χ3n) is 18.9. The van der Waals surface area contributed by atoms with Gasteiger partial charge >= 0.3 is 0 Å². The summed E-state index contributed by atoms with van der Waals surface area (Å²) in [7, 11) is 0. The zero-order valence-electron chi connectivity index (χ0n) is 58.2. The highest BCUT2D eigenvalue weighted by Gasteiger charge is 2.29. The van der Waals surface area contributed by atoms with E-state index in [1.165, 1.54) is 33.4 Å². The summed E-state index contributed by atoms with van der Waals surface area (Å²) < 4.78 is 0. The molecular formula is C86H88N8. The summed E-state index contributed by atoms with van der Waals surface area (Å²) in [6, 6.07) is 67.9. The van der Waals surface area contributed by atoms with Gasteiger partial charge in [-0.3, -0.25) is 0 Å². The van der Waals surface area contributed by atoms with Crippen molar-refractivity contribution in [2.24, 2.45) is 0 Å².